The lowest BCUT2D eigenvalue weighted by molar-refractivity contribution is 0.0728. The van der Waals surface area contributed by atoms with E-state index in [0.29, 0.717) is 11.1 Å². The van der Waals surface area contributed by atoms with Crippen LogP contribution >= 0.6 is 11.6 Å². The number of benzene rings is 2. The van der Waals surface area contributed by atoms with Gasteiger partial charge < -0.3 is 4.90 Å². The molecule has 3 rings (SSSR count). The molecule has 2 aromatic carbocycles. The Morgan fingerprint density at radius 2 is 1.96 bits per heavy atom. The van der Waals surface area contributed by atoms with E-state index < -0.39 is 15.8 Å². The molecule has 1 aliphatic rings. The molecule has 1 fully saturated rings. The molecule has 0 aliphatic heterocycles. The Bertz CT molecular complexity index is 1000. The predicted molar refractivity (Wildman–Crippen MR) is 102 cm³/mol. The van der Waals surface area contributed by atoms with Gasteiger partial charge in [-0.1, -0.05) is 17.7 Å². The SMILES string of the molecule is Cc1cc(C(=O)N(Cc2c(F)cccc2Cl)C2CC2)cc(S(N)(=O)=O)c1C. The number of aryl methyl sites for hydroxylation is 1. The zero-order valence-corrected chi connectivity index (χ0v) is 16.6. The molecular weight excluding hydrogens is 391 g/mol. The summed E-state index contributed by atoms with van der Waals surface area (Å²) in [6.45, 7) is 3.38. The van der Waals surface area contributed by atoms with Gasteiger partial charge in [0, 0.05) is 22.2 Å². The Labute approximate surface area is 163 Å². The van der Waals surface area contributed by atoms with Gasteiger partial charge in [-0.05, 0) is 62.1 Å². The monoisotopic (exact) mass is 410 g/mol. The first-order chi connectivity index (χ1) is 12.6. The van der Waals surface area contributed by atoms with Crippen molar-refractivity contribution in [2.24, 2.45) is 5.14 Å². The molecule has 8 heteroatoms. The maximum Gasteiger partial charge on any atom is 0.254 e. The second-order valence-corrected chi connectivity index (χ2v) is 8.76. The van der Waals surface area contributed by atoms with Crippen LogP contribution in [0.15, 0.2) is 35.2 Å². The number of carbonyl (C=O) groups is 1. The number of sulfonamides is 1. The van der Waals surface area contributed by atoms with Gasteiger partial charge in [0.2, 0.25) is 10.0 Å². The van der Waals surface area contributed by atoms with Gasteiger partial charge >= 0.3 is 0 Å². The molecule has 144 valence electrons. The molecule has 1 aliphatic carbocycles. The molecule has 2 aromatic rings. The van der Waals surface area contributed by atoms with Crippen LogP contribution in [0, 0.1) is 19.7 Å². The van der Waals surface area contributed by atoms with E-state index in [0.717, 1.165) is 12.8 Å². The first kappa shape index (κ1) is 19.8. The van der Waals surface area contributed by atoms with Crippen LogP contribution < -0.4 is 5.14 Å². The fraction of sp³-hybridized carbons (Fsp3) is 0.316. The number of hydrogen-bond donors (Lipinski definition) is 1. The lowest BCUT2D eigenvalue weighted by atomic mass is 10.0. The van der Waals surface area contributed by atoms with Gasteiger partial charge in [0.15, 0.2) is 0 Å². The van der Waals surface area contributed by atoms with Crippen LogP contribution in [0.3, 0.4) is 0 Å². The van der Waals surface area contributed by atoms with Crippen molar-refractivity contribution in [3.05, 3.63) is 63.4 Å². The highest BCUT2D eigenvalue weighted by molar-refractivity contribution is 7.89. The third-order valence-corrected chi connectivity index (χ3v) is 6.20. The van der Waals surface area contributed by atoms with Crippen molar-refractivity contribution < 1.29 is 17.6 Å². The van der Waals surface area contributed by atoms with E-state index in [2.05, 4.69) is 0 Å². The largest absolute Gasteiger partial charge is 0.331 e. The summed E-state index contributed by atoms with van der Waals surface area (Å²) < 4.78 is 37.9. The molecule has 1 saturated carbocycles. The standard InChI is InChI=1S/C19H20ClFN2O3S/c1-11-8-13(9-18(12(11)2)27(22,25)26)19(24)23(14-6-7-14)10-15-16(20)4-3-5-17(15)21/h3-5,8-9,14H,6-7,10H2,1-2H3,(H2,22,25,26). The molecule has 0 radical (unpaired) electrons. The molecule has 0 unspecified atom stereocenters. The number of nitrogens with two attached hydrogens (primary N) is 1. The molecule has 2 N–H and O–H groups in total. The lowest BCUT2D eigenvalue weighted by Crippen LogP contribution is -2.33. The minimum absolute atomic E-state index is 0.0205. The summed E-state index contributed by atoms with van der Waals surface area (Å²) in [6.07, 6.45) is 1.62. The Balaban J connectivity index is 2.01. The Kier molecular flexibility index (Phi) is 5.29. The predicted octanol–water partition coefficient (Wildman–Crippen LogP) is 3.55. The van der Waals surface area contributed by atoms with Crippen molar-refractivity contribution in [1.82, 2.24) is 4.90 Å². The van der Waals surface area contributed by atoms with Crippen molar-refractivity contribution >= 4 is 27.5 Å². The van der Waals surface area contributed by atoms with Crippen LogP contribution in [-0.2, 0) is 16.6 Å². The van der Waals surface area contributed by atoms with Gasteiger partial charge in [0.1, 0.15) is 5.82 Å². The molecule has 0 saturated heterocycles. The number of halogens is 2. The highest BCUT2D eigenvalue weighted by atomic mass is 35.5. The molecule has 0 heterocycles. The lowest BCUT2D eigenvalue weighted by Gasteiger charge is -2.24. The maximum atomic E-state index is 14.2. The highest BCUT2D eigenvalue weighted by Crippen LogP contribution is 2.32. The van der Waals surface area contributed by atoms with E-state index in [1.54, 1.807) is 30.9 Å². The number of primary sulfonamides is 1. The van der Waals surface area contributed by atoms with Gasteiger partial charge in [-0.15, -0.1) is 0 Å². The summed E-state index contributed by atoms with van der Waals surface area (Å²) in [7, 11) is -3.97. The quantitative estimate of drug-likeness (QED) is 0.818. The third kappa shape index (κ3) is 4.15. The minimum Gasteiger partial charge on any atom is -0.331 e. The highest BCUT2D eigenvalue weighted by Gasteiger charge is 2.34. The van der Waals surface area contributed by atoms with Crippen LogP contribution in [0.5, 0.6) is 0 Å². The first-order valence-electron chi connectivity index (χ1n) is 8.47. The summed E-state index contributed by atoms with van der Waals surface area (Å²) in [4.78, 5) is 14.6. The summed E-state index contributed by atoms with van der Waals surface area (Å²) in [5, 5.41) is 5.54. The minimum atomic E-state index is -3.97. The molecule has 0 bridgehead atoms. The fourth-order valence-corrected chi connectivity index (χ4v) is 4.12. The van der Waals surface area contributed by atoms with Gasteiger partial charge in [-0.2, -0.15) is 0 Å². The van der Waals surface area contributed by atoms with Crippen LogP contribution in [0.25, 0.3) is 0 Å². The van der Waals surface area contributed by atoms with E-state index in [-0.39, 0.29) is 39.5 Å². The summed E-state index contributed by atoms with van der Waals surface area (Å²) in [6, 6.07) is 7.28. The van der Waals surface area contributed by atoms with Gasteiger partial charge in [0.25, 0.3) is 5.91 Å². The normalized spacial score (nSPS) is 14.3. The Hall–Kier alpha value is -1.96. The van der Waals surface area contributed by atoms with Gasteiger partial charge in [-0.3, -0.25) is 4.79 Å². The second-order valence-electron chi connectivity index (χ2n) is 6.83. The van der Waals surface area contributed by atoms with Crippen molar-refractivity contribution in [1.29, 1.82) is 0 Å². The van der Waals surface area contributed by atoms with E-state index in [9.17, 15) is 17.6 Å². The van der Waals surface area contributed by atoms with Crippen LogP contribution in [0.2, 0.25) is 5.02 Å². The average molecular weight is 411 g/mol. The fourth-order valence-electron chi connectivity index (χ4n) is 3.02. The average Bonchev–Trinajstić information content (AvgIpc) is 3.40. The van der Waals surface area contributed by atoms with Crippen molar-refractivity contribution in [3.8, 4) is 0 Å². The number of carbonyl (C=O) groups excluding carboxylic acids is 1. The zero-order chi connectivity index (χ0) is 19.9. The van der Waals surface area contributed by atoms with Crippen LogP contribution in [0.4, 0.5) is 4.39 Å². The van der Waals surface area contributed by atoms with Crippen LogP contribution in [0.1, 0.15) is 39.9 Å². The number of rotatable bonds is 5. The molecule has 0 atom stereocenters. The zero-order valence-electron chi connectivity index (χ0n) is 15.0. The Morgan fingerprint density at radius 1 is 1.30 bits per heavy atom. The van der Waals surface area contributed by atoms with Crippen molar-refractivity contribution in [2.45, 2.75) is 44.2 Å². The first-order valence-corrected chi connectivity index (χ1v) is 10.4. The van der Waals surface area contributed by atoms with Crippen molar-refractivity contribution in [2.75, 3.05) is 0 Å². The Morgan fingerprint density at radius 3 is 2.52 bits per heavy atom. The van der Waals surface area contributed by atoms with Crippen LogP contribution in [-0.4, -0.2) is 25.3 Å². The van der Waals surface area contributed by atoms with E-state index in [1.807, 2.05) is 0 Å². The van der Waals surface area contributed by atoms with E-state index >= 15 is 0 Å². The van der Waals surface area contributed by atoms with Crippen molar-refractivity contribution in [3.63, 3.8) is 0 Å². The smallest absolute Gasteiger partial charge is 0.254 e. The number of nitrogens with zero attached hydrogens (tertiary/aromatic N) is 1. The number of hydrogen-bond acceptors (Lipinski definition) is 3. The molecule has 27 heavy (non-hydrogen) atoms. The summed E-state index contributed by atoms with van der Waals surface area (Å²) in [5.41, 5.74) is 1.60. The molecular formula is C19H20ClFN2O3S. The topological polar surface area (TPSA) is 80.5 Å². The molecule has 1 amide bonds. The molecule has 5 nitrogen and oxygen atoms in total. The van der Waals surface area contributed by atoms with Gasteiger partial charge in [-0.25, -0.2) is 17.9 Å². The van der Waals surface area contributed by atoms with Gasteiger partial charge in [0.05, 0.1) is 11.4 Å². The number of amides is 1. The third-order valence-electron chi connectivity index (χ3n) is 4.81. The molecule has 0 aromatic heterocycles. The second kappa shape index (κ2) is 7.22. The van der Waals surface area contributed by atoms with E-state index in [4.69, 9.17) is 16.7 Å². The summed E-state index contributed by atoms with van der Waals surface area (Å²) >= 11 is 6.11. The molecule has 0 spiro atoms. The van der Waals surface area contributed by atoms with E-state index in [1.165, 1.54) is 18.2 Å². The maximum absolute atomic E-state index is 14.2. The summed E-state index contributed by atoms with van der Waals surface area (Å²) in [5.74, 6) is -0.851.